The predicted octanol–water partition coefficient (Wildman–Crippen LogP) is 3.27. The van der Waals surface area contributed by atoms with E-state index in [0.29, 0.717) is 40.2 Å². The van der Waals surface area contributed by atoms with Crippen LogP contribution in [0.4, 0.5) is 0 Å². The van der Waals surface area contributed by atoms with Crippen LogP contribution in [-0.4, -0.2) is 32.5 Å². The summed E-state index contributed by atoms with van der Waals surface area (Å²) in [6.45, 7) is 4.41. The minimum atomic E-state index is -0.665. The summed E-state index contributed by atoms with van der Waals surface area (Å²) in [5.74, 6) is 0.793. The van der Waals surface area contributed by atoms with Crippen molar-refractivity contribution < 1.29 is 14.6 Å². The SMILES string of the molecule is COc1ccc(-c2c3c(=O)n(C)c(=O)n(C)c3c3n2C(C)(C)COC3c2ccccc2O)cc1. The lowest BCUT2D eigenvalue weighted by Gasteiger charge is -2.39. The molecule has 0 spiro atoms. The van der Waals surface area contributed by atoms with Gasteiger partial charge in [0.15, 0.2) is 0 Å². The van der Waals surface area contributed by atoms with Crippen LogP contribution in [0.25, 0.3) is 22.2 Å². The summed E-state index contributed by atoms with van der Waals surface area (Å²) in [7, 11) is 4.75. The van der Waals surface area contributed by atoms with Gasteiger partial charge < -0.3 is 19.1 Å². The van der Waals surface area contributed by atoms with Crippen molar-refractivity contribution in [3.8, 4) is 22.8 Å². The second-order valence-electron chi connectivity index (χ2n) is 9.29. The number of aromatic hydroxyl groups is 1. The molecule has 34 heavy (non-hydrogen) atoms. The molecule has 3 heterocycles. The van der Waals surface area contributed by atoms with E-state index in [4.69, 9.17) is 9.47 Å². The van der Waals surface area contributed by atoms with Crippen LogP contribution in [0.5, 0.6) is 11.5 Å². The number of phenolic OH excluding ortho intramolecular Hbond substituents is 1. The molecule has 1 N–H and O–H groups in total. The zero-order valence-corrected chi connectivity index (χ0v) is 19.8. The second kappa shape index (κ2) is 7.63. The maximum Gasteiger partial charge on any atom is 0.331 e. The monoisotopic (exact) mass is 461 g/mol. The lowest BCUT2D eigenvalue weighted by Crippen LogP contribution is -2.40. The van der Waals surface area contributed by atoms with E-state index >= 15 is 0 Å². The van der Waals surface area contributed by atoms with Crippen molar-refractivity contribution >= 4 is 10.9 Å². The van der Waals surface area contributed by atoms with Gasteiger partial charge in [-0.15, -0.1) is 0 Å². The fourth-order valence-corrected chi connectivity index (χ4v) is 4.97. The fourth-order valence-electron chi connectivity index (χ4n) is 4.97. The predicted molar refractivity (Wildman–Crippen MR) is 130 cm³/mol. The Bertz CT molecular complexity index is 1540. The lowest BCUT2D eigenvalue weighted by atomic mass is 9.97. The summed E-state index contributed by atoms with van der Waals surface area (Å²) < 4.78 is 16.4. The molecule has 0 radical (unpaired) electrons. The highest BCUT2D eigenvalue weighted by Crippen LogP contribution is 2.46. The van der Waals surface area contributed by atoms with E-state index in [0.717, 1.165) is 10.1 Å². The van der Waals surface area contributed by atoms with Gasteiger partial charge in [0.2, 0.25) is 0 Å². The van der Waals surface area contributed by atoms with Gasteiger partial charge in [-0.2, -0.15) is 0 Å². The first kappa shape index (κ1) is 22.0. The van der Waals surface area contributed by atoms with Crippen LogP contribution in [0.2, 0.25) is 0 Å². The van der Waals surface area contributed by atoms with Gasteiger partial charge >= 0.3 is 5.69 Å². The maximum atomic E-state index is 13.6. The largest absolute Gasteiger partial charge is 0.508 e. The topological polar surface area (TPSA) is 87.6 Å². The zero-order valence-electron chi connectivity index (χ0n) is 19.8. The summed E-state index contributed by atoms with van der Waals surface area (Å²) in [6, 6.07) is 14.5. The Balaban J connectivity index is 2.00. The summed E-state index contributed by atoms with van der Waals surface area (Å²) in [6.07, 6.45) is -0.665. The van der Waals surface area contributed by atoms with Crippen molar-refractivity contribution in [1.82, 2.24) is 13.7 Å². The number of ether oxygens (including phenoxy) is 2. The first-order valence-corrected chi connectivity index (χ1v) is 11.1. The highest BCUT2D eigenvalue weighted by molar-refractivity contribution is 5.97. The van der Waals surface area contributed by atoms with E-state index in [-0.39, 0.29) is 11.3 Å². The van der Waals surface area contributed by atoms with E-state index in [2.05, 4.69) is 4.57 Å². The highest BCUT2D eigenvalue weighted by Gasteiger charge is 2.41. The van der Waals surface area contributed by atoms with Crippen molar-refractivity contribution in [2.45, 2.75) is 25.5 Å². The summed E-state index contributed by atoms with van der Waals surface area (Å²) in [4.78, 5) is 26.6. The fraction of sp³-hybridized carbons (Fsp3) is 0.308. The summed E-state index contributed by atoms with van der Waals surface area (Å²) in [5, 5.41) is 11.1. The third kappa shape index (κ3) is 3.02. The van der Waals surface area contributed by atoms with Gasteiger partial charge in [0.1, 0.15) is 17.6 Å². The Kier molecular flexibility index (Phi) is 4.95. The van der Waals surface area contributed by atoms with Crippen LogP contribution in [0.1, 0.15) is 31.2 Å². The van der Waals surface area contributed by atoms with E-state index in [1.54, 1.807) is 32.4 Å². The van der Waals surface area contributed by atoms with Crippen LogP contribution in [0.3, 0.4) is 0 Å². The molecular weight excluding hydrogens is 434 g/mol. The molecular formula is C26H27N3O5. The molecule has 1 atom stereocenters. The number of aryl methyl sites for hydroxylation is 1. The quantitative estimate of drug-likeness (QED) is 0.506. The van der Waals surface area contributed by atoms with Crippen molar-refractivity contribution in [3.05, 3.63) is 80.6 Å². The molecule has 5 rings (SSSR count). The molecule has 4 aromatic rings. The standard InChI is InChI=1S/C26H27N3O5/c1-26(2)14-34-23(17-8-6-7-9-18(17)30)22-21-19(24(31)28(4)25(32)27(21)3)20(29(22)26)15-10-12-16(33-5)13-11-15/h6-13,23,30H,14H2,1-5H3. The van der Waals surface area contributed by atoms with Gasteiger partial charge in [0, 0.05) is 19.7 Å². The number of hydrogen-bond acceptors (Lipinski definition) is 5. The average molecular weight is 462 g/mol. The van der Waals surface area contributed by atoms with Crippen LogP contribution < -0.4 is 16.0 Å². The van der Waals surface area contributed by atoms with Crippen molar-refractivity contribution in [3.63, 3.8) is 0 Å². The van der Waals surface area contributed by atoms with Crippen molar-refractivity contribution in [2.75, 3.05) is 13.7 Å². The smallest absolute Gasteiger partial charge is 0.331 e. The molecule has 0 aliphatic carbocycles. The summed E-state index contributed by atoms with van der Waals surface area (Å²) >= 11 is 0. The van der Waals surface area contributed by atoms with Crippen molar-refractivity contribution in [2.24, 2.45) is 14.1 Å². The molecule has 2 aromatic heterocycles. The zero-order chi connectivity index (χ0) is 24.4. The number of hydrogen-bond donors (Lipinski definition) is 1. The van der Waals surface area contributed by atoms with Gasteiger partial charge in [-0.3, -0.25) is 13.9 Å². The maximum absolute atomic E-state index is 13.6. The second-order valence-corrected chi connectivity index (χ2v) is 9.29. The Labute approximate surface area is 196 Å². The number of nitrogens with zero attached hydrogens (tertiary/aromatic N) is 3. The molecule has 8 heteroatoms. The Morgan fingerprint density at radius 2 is 1.71 bits per heavy atom. The molecule has 0 bridgehead atoms. The molecule has 2 aromatic carbocycles. The van der Waals surface area contributed by atoms with E-state index < -0.39 is 17.3 Å². The average Bonchev–Trinajstić information content (AvgIpc) is 3.20. The summed E-state index contributed by atoms with van der Waals surface area (Å²) in [5.41, 5.74) is 1.93. The van der Waals surface area contributed by atoms with Gasteiger partial charge in [0.25, 0.3) is 5.56 Å². The van der Waals surface area contributed by atoms with Gasteiger partial charge in [-0.25, -0.2) is 4.79 Å². The van der Waals surface area contributed by atoms with E-state index in [1.807, 2.05) is 44.2 Å². The molecule has 176 valence electrons. The molecule has 0 saturated heterocycles. The molecule has 0 amide bonds. The van der Waals surface area contributed by atoms with Crippen LogP contribution in [0, 0.1) is 0 Å². The third-order valence-electron chi connectivity index (χ3n) is 6.65. The number of benzene rings is 2. The number of aromatic nitrogens is 3. The van der Waals surface area contributed by atoms with E-state index in [1.165, 1.54) is 11.6 Å². The van der Waals surface area contributed by atoms with Gasteiger partial charge in [-0.1, -0.05) is 18.2 Å². The number of para-hydroxylation sites is 1. The Hall–Kier alpha value is -3.78. The van der Waals surface area contributed by atoms with E-state index in [9.17, 15) is 14.7 Å². The highest BCUT2D eigenvalue weighted by atomic mass is 16.5. The number of fused-ring (bicyclic) bond motifs is 3. The molecule has 0 fully saturated rings. The third-order valence-corrected chi connectivity index (χ3v) is 6.65. The van der Waals surface area contributed by atoms with Gasteiger partial charge in [0.05, 0.1) is 41.5 Å². The molecule has 1 aliphatic rings. The van der Waals surface area contributed by atoms with Crippen LogP contribution in [-0.2, 0) is 24.4 Å². The number of rotatable bonds is 3. The normalized spacial score (nSPS) is 17.0. The minimum absolute atomic E-state index is 0.0907. The molecule has 8 nitrogen and oxygen atoms in total. The molecule has 1 aliphatic heterocycles. The first-order valence-electron chi connectivity index (χ1n) is 11.1. The van der Waals surface area contributed by atoms with Crippen LogP contribution in [0.15, 0.2) is 58.1 Å². The minimum Gasteiger partial charge on any atom is -0.508 e. The van der Waals surface area contributed by atoms with Crippen molar-refractivity contribution in [1.29, 1.82) is 0 Å². The molecule has 1 unspecified atom stereocenters. The molecule has 0 saturated carbocycles. The Morgan fingerprint density at radius 1 is 1.03 bits per heavy atom. The van der Waals surface area contributed by atoms with Gasteiger partial charge in [-0.05, 0) is 49.7 Å². The number of methoxy groups -OCH3 is 1. The number of phenols is 1. The lowest BCUT2D eigenvalue weighted by molar-refractivity contribution is -0.00798. The Morgan fingerprint density at radius 3 is 2.35 bits per heavy atom. The first-order chi connectivity index (χ1) is 16.2. The van der Waals surface area contributed by atoms with Crippen LogP contribution >= 0.6 is 0 Å².